The number of urea groups is 1. The van der Waals surface area contributed by atoms with Crippen LogP contribution in [-0.4, -0.2) is 150 Å². The molecule has 2 unspecified atom stereocenters. The van der Waals surface area contributed by atoms with Crippen molar-refractivity contribution in [3.05, 3.63) is 194 Å². The van der Waals surface area contributed by atoms with Gasteiger partial charge < -0.3 is 64.2 Å². The zero-order valence-corrected chi connectivity index (χ0v) is 75.4. The number of amides is 4. The smallest absolute Gasteiger partial charge is 0.347 e. The van der Waals surface area contributed by atoms with Gasteiger partial charge in [-0.3, -0.25) is 29.3 Å². The van der Waals surface area contributed by atoms with E-state index in [0.29, 0.717) is 90.6 Å². The normalized spacial score (nSPS) is 15.9. The predicted molar refractivity (Wildman–Crippen MR) is 482 cm³/mol. The van der Waals surface area contributed by atoms with Crippen molar-refractivity contribution < 1.29 is 92.3 Å². The standard InChI is InChI=1S/C29H46N2O3S.C24H27NO5S.C22H26O7.C22H24O4S/c1-29(2,27(32)33)35-26-18-16-24(17-19-26)20-22-31(28(34)30-25-14-7-4-8-15-25)21-10-9-13-23-11-5-3-6-12-23;1-13-14(2)21-18(15(3)20(13)26)9-10-24(4,30-21)12-29-17-7-5-16(6-8-17)11-19-22(27)25-23(28)31-19;1-3-5-19-20(11-10-18(15(2)23)22(19)26)28-13-4-12-27-16-6-8-17(9-7-16)29-14-21(24)25;1-14-12-16(13-15(2)20(14)26-22(3,4)21(24)25)6-11-19(23)17-7-9-18(27-5)10-8-17/h16-19,23,25H,3-15,20-22H2,1-2H3,(H,30,34)(H,32,33);5-8,19,26H,9-12H2,1-4H3,(H,25,27,28);6-11,26H,3-5,12-14H2,1-2H3,(H,24,25);6-13H,1-5H3,(H,24,25)/b;;;11-6+. The van der Waals surface area contributed by atoms with Crippen LogP contribution in [0.2, 0.25) is 0 Å². The number of phenols is 2. The number of hydrogen-bond donors (Lipinski definition) is 7. The number of rotatable bonds is 36. The van der Waals surface area contributed by atoms with Crippen molar-refractivity contribution in [3.63, 3.8) is 0 Å². The first-order chi connectivity index (χ1) is 58.0. The number of Topliss-reactive ketones (excluding diaryl/α,β-unsaturated/α-hetero) is 1. The lowest BCUT2D eigenvalue weighted by molar-refractivity contribution is -0.152. The highest BCUT2D eigenvalue weighted by Gasteiger charge is 2.37. The summed E-state index contributed by atoms with van der Waals surface area (Å²) in [5.74, 6) is 1.74. The molecule has 0 aromatic heterocycles. The third-order valence-electron chi connectivity index (χ3n) is 22.2. The van der Waals surface area contributed by atoms with Gasteiger partial charge in [-0.15, -0.1) is 23.5 Å². The summed E-state index contributed by atoms with van der Waals surface area (Å²) in [7, 11) is 0. The van der Waals surface area contributed by atoms with Gasteiger partial charge in [0.1, 0.15) is 63.0 Å². The molecule has 1 saturated heterocycles. The van der Waals surface area contributed by atoms with E-state index in [-0.39, 0.29) is 46.4 Å². The molecule has 4 amide bonds. The number of nitrogens with zero attached hydrogens (tertiary/aromatic N) is 1. The van der Waals surface area contributed by atoms with Crippen LogP contribution in [0.15, 0.2) is 137 Å². The van der Waals surface area contributed by atoms with E-state index < -0.39 is 33.9 Å². The lowest BCUT2D eigenvalue weighted by Gasteiger charge is -2.37. The number of benzene rings is 7. The number of carbonyl (C=O) groups is 8. The zero-order chi connectivity index (χ0) is 88.8. The number of carboxylic acids is 3. The molecule has 7 aromatic rings. The van der Waals surface area contributed by atoms with Crippen LogP contribution in [0, 0.1) is 40.5 Å². The Hall–Kier alpha value is -10.1. The summed E-state index contributed by atoms with van der Waals surface area (Å²) in [4.78, 5) is 97.4. The Morgan fingerprint density at radius 3 is 1.86 bits per heavy atom. The first-order valence-corrected chi connectivity index (χ1v) is 45.2. The van der Waals surface area contributed by atoms with Crippen molar-refractivity contribution in [1.82, 2.24) is 15.5 Å². The van der Waals surface area contributed by atoms with E-state index in [4.69, 9.17) is 33.5 Å². The average molecular weight is 1730 g/mol. The van der Waals surface area contributed by atoms with E-state index >= 15 is 0 Å². The van der Waals surface area contributed by atoms with E-state index in [1.807, 2.05) is 132 Å². The van der Waals surface area contributed by atoms with Crippen LogP contribution in [0.25, 0.3) is 6.08 Å². The van der Waals surface area contributed by atoms with Crippen molar-refractivity contribution in [2.75, 3.05) is 45.8 Å². The fraction of sp³-hybridized carbons (Fsp3) is 0.464. The number of aryl methyl sites for hydroxylation is 2. The fourth-order valence-electron chi connectivity index (χ4n) is 14.8. The molecule has 7 aromatic carbocycles. The highest BCUT2D eigenvalue weighted by Crippen LogP contribution is 2.44. The summed E-state index contributed by atoms with van der Waals surface area (Å²) >= 11 is 4.03. The van der Waals surface area contributed by atoms with Crippen molar-refractivity contribution in [2.24, 2.45) is 5.92 Å². The Morgan fingerprint density at radius 2 is 1.27 bits per heavy atom. The highest BCUT2D eigenvalue weighted by atomic mass is 32.2. The number of fused-ring (bicyclic) bond motifs is 1. The zero-order valence-electron chi connectivity index (χ0n) is 72.9. The number of ether oxygens (including phenoxy) is 6. The number of aliphatic carboxylic acids is 3. The molecule has 25 heteroatoms. The van der Waals surface area contributed by atoms with Crippen LogP contribution < -0.4 is 39.1 Å². The van der Waals surface area contributed by atoms with Gasteiger partial charge in [-0.25, -0.2) is 14.4 Å². The number of carboxylic acid groups (broad SMARTS) is 3. The molecule has 0 bridgehead atoms. The van der Waals surface area contributed by atoms with E-state index in [1.54, 1.807) is 74.2 Å². The Balaban J connectivity index is 0.000000203. The molecule has 2 atom stereocenters. The number of imide groups is 1. The number of thioether (sulfide) groups is 3. The van der Waals surface area contributed by atoms with Gasteiger partial charge in [0.15, 0.2) is 23.8 Å². The van der Waals surface area contributed by atoms with Crippen molar-refractivity contribution in [1.29, 1.82) is 0 Å². The van der Waals surface area contributed by atoms with Gasteiger partial charge in [-0.05, 0) is 287 Å². The number of hydrogen-bond acceptors (Lipinski definition) is 19. The minimum atomic E-state index is -1.31. The van der Waals surface area contributed by atoms with Gasteiger partial charge in [0.05, 0.1) is 24.0 Å². The molecule has 658 valence electrons. The van der Waals surface area contributed by atoms with Crippen LogP contribution in [-0.2, 0) is 44.9 Å². The molecule has 22 nitrogen and oxygen atoms in total. The summed E-state index contributed by atoms with van der Waals surface area (Å²) in [6.07, 6.45) is 26.8. The second-order valence-corrected chi connectivity index (χ2v) is 36.7. The monoisotopic (exact) mass is 1730 g/mol. The molecule has 4 aliphatic rings. The Bertz CT molecular complexity index is 4700. The van der Waals surface area contributed by atoms with Crippen LogP contribution >= 0.6 is 35.3 Å². The van der Waals surface area contributed by atoms with Crippen LogP contribution in [0.3, 0.4) is 0 Å². The van der Waals surface area contributed by atoms with Crippen molar-refractivity contribution >= 4 is 88.0 Å². The first-order valence-electron chi connectivity index (χ1n) is 42.3. The number of allylic oxidation sites excluding steroid dienone is 1. The fourth-order valence-corrected chi connectivity index (χ4v) is 17.0. The number of aromatic hydroxyl groups is 2. The van der Waals surface area contributed by atoms with Gasteiger partial charge in [0.2, 0.25) is 5.91 Å². The van der Waals surface area contributed by atoms with E-state index in [9.17, 15) is 58.8 Å². The molecule has 2 heterocycles. The Kier molecular flexibility index (Phi) is 37.5. The second kappa shape index (κ2) is 46.9. The molecule has 2 aliphatic heterocycles. The molecule has 11 rings (SSSR count). The van der Waals surface area contributed by atoms with Crippen LogP contribution in [0.1, 0.15) is 228 Å². The quantitative estimate of drug-likeness (QED) is 0.00830. The first kappa shape index (κ1) is 97.3. The van der Waals surface area contributed by atoms with E-state index in [2.05, 4.69) is 22.8 Å². The summed E-state index contributed by atoms with van der Waals surface area (Å²) < 4.78 is 33.8. The molecule has 3 fully saturated rings. The molecule has 2 aliphatic carbocycles. The van der Waals surface area contributed by atoms with Crippen molar-refractivity contribution in [2.45, 2.75) is 249 Å². The maximum Gasteiger partial charge on any atom is 0.347 e. The lowest BCUT2D eigenvalue weighted by atomic mass is 9.86. The summed E-state index contributed by atoms with van der Waals surface area (Å²) in [5, 5.41) is 52.9. The van der Waals surface area contributed by atoms with Gasteiger partial charge in [0, 0.05) is 52.0 Å². The number of carbonyl (C=O) groups excluding carboxylic acids is 5. The number of nitrogens with one attached hydrogen (secondary N) is 2. The SMILES string of the molecule is CC(C)(Sc1ccc(CCN(CCCCC2CCCCC2)C(=O)NC2CCCCC2)cc1)C(=O)O.CCCc1c(OCCCOc2ccc(OCC(=O)O)cc2)ccc(C(C)=O)c1O.CSc1ccc(C(=O)/C=C/c2cc(C)c(OC(C)(C)C(=O)O)c(C)c2)cc1.Cc1c(C)c2c(c(C)c1O)CCC(C)(COc1ccc(CC3SC(=O)NC3=O)cc1)O2. The highest BCUT2D eigenvalue weighted by molar-refractivity contribution is 8.15. The Labute approximate surface area is 731 Å². The predicted octanol–water partition coefficient (Wildman–Crippen LogP) is 20.7. The number of ketones is 2. The number of phenolic OH excluding ortho intramolecular Hbond substituents is 2. The van der Waals surface area contributed by atoms with Crippen molar-refractivity contribution in [3.8, 4) is 46.0 Å². The molecular weight excluding hydrogens is 1610 g/mol. The third kappa shape index (κ3) is 29.9. The molecular formula is C97H123N3O19S3. The minimum Gasteiger partial charge on any atom is -0.507 e. The summed E-state index contributed by atoms with van der Waals surface area (Å²) in [6, 6.07) is 37.4. The average Bonchev–Trinajstić information content (AvgIpc) is 0.787. The maximum atomic E-state index is 13.2. The molecule has 7 N–H and O–H groups in total. The summed E-state index contributed by atoms with van der Waals surface area (Å²) in [6.45, 7) is 23.9. The molecule has 122 heavy (non-hydrogen) atoms. The van der Waals surface area contributed by atoms with Crippen LogP contribution in [0.4, 0.5) is 9.59 Å². The van der Waals surface area contributed by atoms with Crippen LogP contribution in [0.5, 0.6) is 46.0 Å². The van der Waals surface area contributed by atoms with E-state index in [1.165, 1.54) is 102 Å². The molecule has 0 radical (unpaired) electrons. The third-order valence-corrected chi connectivity index (χ3v) is 25.2. The number of unbranched alkanes of at least 4 members (excludes halogenated alkanes) is 1. The maximum absolute atomic E-state index is 13.2. The Morgan fingerprint density at radius 1 is 0.672 bits per heavy atom. The van der Waals surface area contributed by atoms with Gasteiger partial charge >= 0.3 is 23.9 Å². The van der Waals surface area contributed by atoms with Gasteiger partial charge in [-0.2, -0.15) is 0 Å². The molecule has 0 spiro atoms. The van der Waals surface area contributed by atoms with Gasteiger partial charge in [0.25, 0.3) is 5.24 Å². The lowest BCUT2D eigenvalue weighted by Crippen LogP contribution is -2.46. The minimum absolute atomic E-state index is 0.00157. The second-order valence-electron chi connectivity index (χ2n) is 33.0. The summed E-state index contributed by atoms with van der Waals surface area (Å²) in [5.41, 5.74) is 8.28. The van der Waals surface area contributed by atoms with Gasteiger partial charge in [-0.1, -0.05) is 120 Å². The largest absolute Gasteiger partial charge is 0.507 e. The topological polar surface area (TPSA) is 320 Å². The molecule has 2 saturated carbocycles. The van der Waals surface area contributed by atoms with E-state index in [0.717, 1.165) is 142 Å².